The van der Waals surface area contributed by atoms with Gasteiger partial charge in [0.25, 0.3) is 0 Å². The molecule has 4 rings (SSSR count). The average Bonchev–Trinajstić information content (AvgIpc) is 3.23. The van der Waals surface area contributed by atoms with Crippen molar-refractivity contribution in [3.8, 4) is 5.75 Å². The first kappa shape index (κ1) is 23.2. The molecule has 0 amide bonds. The van der Waals surface area contributed by atoms with E-state index in [0.717, 1.165) is 51.4 Å². The maximum absolute atomic E-state index is 5.97. The summed E-state index contributed by atoms with van der Waals surface area (Å²) in [5, 5.41) is 1.34. The Kier molecular flexibility index (Phi) is 8.51. The van der Waals surface area contributed by atoms with E-state index in [9.17, 15) is 0 Å². The Morgan fingerprint density at radius 3 is 2.59 bits per heavy atom. The van der Waals surface area contributed by atoms with E-state index in [4.69, 9.17) is 4.74 Å². The molecule has 172 valence electrons. The molecule has 1 aromatic heterocycles. The van der Waals surface area contributed by atoms with Gasteiger partial charge in [0.15, 0.2) is 0 Å². The maximum atomic E-state index is 5.97. The second kappa shape index (κ2) is 11.8. The van der Waals surface area contributed by atoms with Gasteiger partial charge < -0.3 is 9.72 Å². The topological polar surface area (TPSA) is 43.5 Å². The van der Waals surface area contributed by atoms with Gasteiger partial charge in [0, 0.05) is 67.3 Å². The lowest BCUT2D eigenvalue weighted by Crippen LogP contribution is -2.49. The number of H-pyrrole nitrogens is 1. The van der Waals surface area contributed by atoms with Crippen molar-refractivity contribution in [2.75, 3.05) is 45.9 Å². The molecule has 1 saturated heterocycles. The third-order valence-electron chi connectivity index (χ3n) is 6.23. The van der Waals surface area contributed by atoms with Gasteiger partial charge in [-0.25, -0.2) is 0 Å². The molecule has 6 heteroatoms. The molecule has 2 aromatic carbocycles. The van der Waals surface area contributed by atoms with Crippen molar-refractivity contribution in [1.82, 2.24) is 19.5 Å². The number of hydrogen-bond acceptors (Lipinski definition) is 5. The van der Waals surface area contributed by atoms with Crippen LogP contribution in [0.25, 0.3) is 10.9 Å². The van der Waals surface area contributed by atoms with E-state index < -0.39 is 0 Å². The molecule has 2 heterocycles. The first-order chi connectivity index (χ1) is 15.7. The lowest BCUT2D eigenvalue weighted by Gasteiger charge is -2.36. The second-order valence-electron chi connectivity index (χ2n) is 8.75. The van der Waals surface area contributed by atoms with Crippen LogP contribution in [0, 0.1) is 0 Å². The summed E-state index contributed by atoms with van der Waals surface area (Å²) in [5.74, 6) is 0.953. The fourth-order valence-corrected chi connectivity index (χ4v) is 4.91. The molecule has 0 radical (unpaired) electrons. The number of fused-ring (bicyclic) bond motifs is 1. The minimum absolute atomic E-state index is 0.652. The standard InChI is InChI=1S/C26H36N4OS/c1-21(2)30-16-14-29(15-17-30)18-19-31-23-9-11-24(12-10-23)32-28-13-5-6-22-20-27-26-8-4-3-7-25(22)26/h3-4,7-12,20-21,27-28H,5-6,13-19H2,1-2H3. The number of para-hydroxylation sites is 1. The summed E-state index contributed by atoms with van der Waals surface area (Å²) >= 11 is 1.69. The van der Waals surface area contributed by atoms with Crippen molar-refractivity contribution in [3.05, 3.63) is 60.3 Å². The minimum Gasteiger partial charge on any atom is -0.492 e. The Hall–Kier alpha value is -1.99. The van der Waals surface area contributed by atoms with Crippen LogP contribution in [0.5, 0.6) is 5.75 Å². The highest BCUT2D eigenvalue weighted by Gasteiger charge is 2.18. The van der Waals surface area contributed by atoms with Gasteiger partial charge >= 0.3 is 0 Å². The predicted molar refractivity (Wildman–Crippen MR) is 136 cm³/mol. The number of benzene rings is 2. The second-order valence-corrected chi connectivity index (χ2v) is 9.71. The molecule has 0 unspecified atom stereocenters. The molecular weight excluding hydrogens is 416 g/mol. The van der Waals surface area contributed by atoms with Gasteiger partial charge in [-0.1, -0.05) is 18.2 Å². The highest BCUT2D eigenvalue weighted by Crippen LogP contribution is 2.21. The number of aromatic amines is 1. The number of piperazine rings is 1. The predicted octanol–water partition coefficient (Wildman–Crippen LogP) is 4.80. The van der Waals surface area contributed by atoms with Gasteiger partial charge in [0.05, 0.1) is 0 Å². The molecule has 0 spiro atoms. The molecule has 2 N–H and O–H groups in total. The molecule has 1 aliphatic heterocycles. The minimum atomic E-state index is 0.652. The summed E-state index contributed by atoms with van der Waals surface area (Å²) in [5.41, 5.74) is 2.62. The van der Waals surface area contributed by atoms with E-state index in [1.807, 2.05) is 0 Å². The van der Waals surface area contributed by atoms with Crippen molar-refractivity contribution in [3.63, 3.8) is 0 Å². The average molecular weight is 453 g/mol. The maximum Gasteiger partial charge on any atom is 0.119 e. The Balaban J connectivity index is 1.10. The third-order valence-corrected chi connectivity index (χ3v) is 7.08. The van der Waals surface area contributed by atoms with Crippen molar-refractivity contribution in [2.24, 2.45) is 0 Å². The van der Waals surface area contributed by atoms with E-state index in [0.29, 0.717) is 6.04 Å². The van der Waals surface area contributed by atoms with E-state index >= 15 is 0 Å². The van der Waals surface area contributed by atoms with Crippen molar-refractivity contribution >= 4 is 22.9 Å². The SMILES string of the molecule is CC(C)N1CCN(CCOc2ccc(SNCCCc3c[nH]c4ccccc34)cc2)CC1. The first-order valence-corrected chi connectivity index (χ1v) is 12.6. The number of aryl methyl sites for hydroxylation is 1. The molecule has 0 bridgehead atoms. The number of nitrogens with zero attached hydrogens (tertiary/aromatic N) is 2. The number of ether oxygens (including phenoxy) is 1. The van der Waals surface area contributed by atoms with Crippen molar-refractivity contribution in [2.45, 2.75) is 37.6 Å². The van der Waals surface area contributed by atoms with Gasteiger partial charge in [-0.2, -0.15) is 0 Å². The molecule has 0 atom stereocenters. The fraction of sp³-hybridized carbons (Fsp3) is 0.462. The molecular formula is C26H36N4OS. The van der Waals surface area contributed by atoms with Gasteiger partial charge in [-0.3, -0.25) is 14.5 Å². The summed E-state index contributed by atoms with van der Waals surface area (Å²) < 4.78 is 9.45. The lowest BCUT2D eigenvalue weighted by atomic mass is 10.1. The smallest absolute Gasteiger partial charge is 0.119 e. The number of hydrogen-bond donors (Lipinski definition) is 2. The summed E-state index contributed by atoms with van der Waals surface area (Å²) in [6, 6.07) is 17.6. The molecule has 1 fully saturated rings. The van der Waals surface area contributed by atoms with Gasteiger partial charge in [-0.05, 0) is 74.5 Å². The fourth-order valence-electron chi connectivity index (χ4n) is 4.22. The molecule has 0 aliphatic carbocycles. The summed E-state index contributed by atoms with van der Waals surface area (Å²) in [7, 11) is 0. The molecule has 5 nitrogen and oxygen atoms in total. The number of nitrogens with one attached hydrogen (secondary N) is 2. The molecule has 0 saturated carbocycles. The highest BCUT2D eigenvalue weighted by molar-refractivity contribution is 7.97. The zero-order chi connectivity index (χ0) is 22.2. The van der Waals surface area contributed by atoms with Gasteiger partial charge in [0.1, 0.15) is 12.4 Å². The van der Waals surface area contributed by atoms with E-state index in [2.05, 4.69) is 88.1 Å². The van der Waals surface area contributed by atoms with E-state index in [-0.39, 0.29) is 0 Å². The molecule has 32 heavy (non-hydrogen) atoms. The number of rotatable bonds is 11. The summed E-state index contributed by atoms with van der Waals surface area (Å²) in [6.07, 6.45) is 4.33. The number of aromatic nitrogens is 1. The van der Waals surface area contributed by atoms with Crippen LogP contribution in [-0.4, -0.2) is 66.7 Å². The van der Waals surface area contributed by atoms with Crippen molar-refractivity contribution < 1.29 is 4.74 Å². The Morgan fingerprint density at radius 2 is 1.81 bits per heavy atom. The zero-order valence-electron chi connectivity index (χ0n) is 19.3. The Labute approximate surface area is 196 Å². The zero-order valence-corrected chi connectivity index (χ0v) is 20.2. The van der Waals surface area contributed by atoms with E-state index in [1.165, 1.54) is 34.5 Å². The normalized spacial score (nSPS) is 15.6. The molecule has 1 aliphatic rings. The van der Waals surface area contributed by atoms with E-state index in [1.54, 1.807) is 11.9 Å². The largest absolute Gasteiger partial charge is 0.492 e. The van der Waals surface area contributed by atoms with Crippen LogP contribution in [0.3, 0.4) is 0 Å². The van der Waals surface area contributed by atoms with Crippen LogP contribution in [0.15, 0.2) is 59.6 Å². The lowest BCUT2D eigenvalue weighted by molar-refractivity contribution is 0.0971. The van der Waals surface area contributed by atoms with Gasteiger partial charge in [0.2, 0.25) is 0 Å². The van der Waals surface area contributed by atoms with Crippen LogP contribution in [0.1, 0.15) is 25.8 Å². The van der Waals surface area contributed by atoms with Crippen LogP contribution in [0.4, 0.5) is 0 Å². The Morgan fingerprint density at radius 1 is 1.03 bits per heavy atom. The van der Waals surface area contributed by atoms with Crippen LogP contribution >= 0.6 is 11.9 Å². The quantitative estimate of drug-likeness (QED) is 0.323. The van der Waals surface area contributed by atoms with Crippen LogP contribution in [0.2, 0.25) is 0 Å². The first-order valence-electron chi connectivity index (χ1n) is 11.8. The van der Waals surface area contributed by atoms with Gasteiger partial charge in [-0.15, -0.1) is 0 Å². The Bertz CT molecular complexity index is 948. The molecule has 3 aromatic rings. The summed E-state index contributed by atoms with van der Waals surface area (Å²) in [6.45, 7) is 11.9. The third kappa shape index (κ3) is 6.51. The van der Waals surface area contributed by atoms with Crippen molar-refractivity contribution in [1.29, 1.82) is 0 Å². The summed E-state index contributed by atoms with van der Waals surface area (Å²) in [4.78, 5) is 9.62. The monoisotopic (exact) mass is 452 g/mol. The van der Waals surface area contributed by atoms with Crippen LogP contribution in [-0.2, 0) is 6.42 Å². The highest BCUT2D eigenvalue weighted by atomic mass is 32.2. The van der Waals surface area contributed by atoms with Crippen LogP contribution < -0.4 is 9.46 Å².